The average Bonchev–Trinajstić information content (AvgIpc) is 2.82. The monoisotopic (exact) mass is 430 g/mol. The molecule has 4 aromatic rings. The number of methoxy groups -OCH3 is 1. The van der Waals surface area contributed by atoms with E-state index >= 15 is 0 Å². The van der Waals surface area contributed by atoms with Gasteiger partial charge in [0.2, 0.25) is 0 Å². The smallest absolute Gasteiger partial charge is 0.262 e. The molecule has 1 N–H and O–H groups in total. The number of hydrogen-bond donors (Lipinski definition) is 1. The van der Waals surface area contributed by atoms with Gasteiger partial charge in [0.05, 0.1) is 12.8 Å². The summed E-state index contributed by atoms with van der Waals surface area (Å²) in [4.78, 5) is 18.4. The largest absolute Gasteiger partial charge is 0.494 e. The van der Waals surface area contributed by atoms with Gasteiger partial charge in [-0.05, 0) is 36.6 Å². The van der Waals surface area contributed by atoms with Crippen molar-refractivity contribution in [1.82, 2.24) is 4.98 Å². The number of rotatable bonds is 7. The normalized spacial score (nSPS) is 10.6. The summed E-state index contributed by atoms with van der Waals surface area (Å²) in [7, 11) is 1.61. The standard InChI is InChI=1S/C25H22N2O3S/c1-29-22-13-7-12-20-23(15-21(27-25(20)22)17-8-4-3-5-9-17)30-16-24(28)26-18-10-6-11-19(14-18)31-2/h3-15H,16H2,1-2H3,(H,26,28). The van der Waals surface area contributed by atoms with Gasteiger partial charge in [0.15, 0.2) is 6.61 Å². The van der Waals surface area contributed by atoms with Crippen LogP contribution in [0.4, 0.5) is 5.69 Å². The first-order valence-corrected chi connectivity index (χ1v) is 11.0. The summed E-state index contributed by atoms with van der Waals surface area (Å²) in [5.41, 5.74) is 3.14. The topological polar surface area (TPSA) is 60.5 Å². The zero-order valence-corrected chi connectivity index (χ0v) is 18.1. The molecule has 0 spiro atoms. The lowest BCUT2D eigenvalue weighted by Gasteiger charge is -2.13. The van der Waals surface area contributed by atoms with Gasteiger partial charge in [0.25, 0.3) is 5.91 Å². The first-order chi connectivity index (χ1) is 15.2. The van der Waals surface area contributed by atoms with Crippen LogP contribution < -0.4 is 14.8 Å². The van der Waals surface area contributed by atoms with Crippen LogP contribution in [0.15, 0.2) is 83.8 Å². The number of benzene rings is 3. The summed E-state index contributed by atoms with van der Waals surface area (Å²) in [5, 5.41) is 3.67. The summed E-state index contributed by atoms with van der Waals surface area (Å²) in [6.45, 7) is -0.117. The highest BCUT2D eigenvalue weighted by Gasteiger charge is 2.14. The van der Waals surface area contributed by atoms with E-state index in [0.29, 0.717) is 17.0 Å². The lowest BCUT2D eigenvalue weighted by molar-refractivity contribution is -0.118. The van der Waals surface area contributed by atoms with Crippen LogP contribution in [0.25, 0.3) is 22.2 Å². The summed E-state index contributed by atoms with van der Waals surface area (Å²) in [6.07, 6.45) is 2.00. The van der Waals surface area contributed by atoms with Crippen LogP contribution in [0.1, 0.15) is 0 Å². The van der Waals surface area contributed by atoms with E-state index in [-0.39, 0.29) is 12.5 Å². The fourth-order valence-electron chi connectivity index (χ4n) is 3.27. The van der Waals surface area contributed by atoms with Gasteiger partial charge in [-0.1, -0.05) is 42.5 Å². The molecule has 4 rings (SSSR count). The predicted molar refractivity (Wildman–Crippen MR) is 126 cm³/mol. The first kappa shape index (κ1) is 20.8. The van der Waals surface area contributed by atoms with Crippen molar-refractivity contribution in [3.8, 4) is 22.8 Å². The fourth-order valence-corrected chi connectivity index (χ4v) is 3.73. The second-order valence-electron chi connectivity index (χ2n) is 6.80. The maximum Gasteiger partial charge on any atom is 0.262 e. The third-order valence-corrected chi connectivity index (χ3v) is 5.49. The number of fused-ring (bicyclic) bond motifs is 1. The van der Waals surface area contributed by atoms with Crippen molar-refractivity contribution in [2.45, 2.75) is 4.90 Å². The third kappa shape index (κ3) is 4.81. The zero-order valence-electron chi connectivity index (χ0n) is 17.3. The Bertz CT molecular complexity index is 1210. The summed E-state index contributed by atoms with van der Waals surface area (Å²) >= 11 is 1.62. The first-order valence-electron chi connectivity index (χ1n) is 9.78. The van der Waals surface area contributed by atoms with E-state index < -0.39 is 0 Å². The Kier molecular flexibility index (Phi) is 6.38. The number of nitrogens with one attached hydrogen (secondary N) is 1. The molecule has 0 atom stereocenters. The van der Waals surface area contributed by atoms with Crippen LogP contribution in [0.3, 0.4) is 0 Å². The van der Waals surface area contributed by atoms with Crippen molar-refractivity contribution in [3.05, 3.63) is 78.9 Å². The lowest BCUT2D eigenvalue weighted by atomic mass is 10.1. The Morgan fingerprint density at radius 2 is 1.77 bits per heavy atom. The van der Waals surface area contributed by atoms with Crippen molar-refractivity contribution < 1.29 is 14.3 Å². The molecule has 31 heavy (non-hydrogen) atoms. The van der Waals surface area contributed by atoms with Gasteiger partial charge in [-0.3, -0.25) is 4.79 Å². The molecule has 0 unspecified atom stereocenters. The van der Waals surface area contributed by atoms with Gasteiger partial charge >= 0.3 is 0 Å². The Hall–Kier alpha value is -3.51. The Balaban J connectivity index is 1.62. The van der Waals surface area contributed by atoms with E-state index in [4.69, 9.17) is 14.5 Å². The molecule has 0 fully saturated rings. The number of pyridine rings is 1. The van der Waals surface area contributed by atoms with Gasteiger partial charge in [-0.25, -0.2) is 4.98 Å². The van der Waals surface area contributed by atoms with E-state index in [2.05, 4.69) is 5.32 Å². The predicted octanol–water partition coefficient (Wildman–Crippen LogP) is 5.65. The SMILES string of the molecule is COc1cccc2c(OCC(=O)Nc3cccc(SC)c3)cc(-c3ccccc3)nc12. The maximum atomic E-state index is 12.5. The van der Waals surface area contributed by atoms with Crippen molar-refractivity contribution in [2.75, 3.05) is 25.3 Å². The van der Waals surface area contributed by atoms with E-state index in [0.717, 1.165) is 27.2 Å². The van der Waals surface area contributed by atoms with Gasteiger partial charge in [-0.2, -0.15) is 0 Å². The summed E-state index contributed by atoms with van der Waals surface area (Å²) < 4.78 is 11.5. The average molecular weight is 431 g/mol. The van der Waals surface area contributed by atoms with Crippen LogP contribution in [-0.2, 0) is 4.79 Å². The molecule has 5 nitrogen and oxygen atoms in total. The molecule has 0 radical (unpaired) electrons. The molecule has 0 aliphatic carbocycles. The van der Waals surface area contributed by atoms with Crippen molar-refractivity contribution >= 4 is 34.3 Å². The molecule has 3 aromatic carbocycles. The molecule has 0 bridgehead atoms. The molecule has 1 heterocycles. The fraction of sp³-hybridized carbons (Fsp3) is 0.120. The number of thioether (sulfide) groups is 1. The molecule has 0 aliphatic heterocycles. The van der Waals surface area contributed by atoms with Gasteiger partial charge in [0, 0.05) is 27.6 Å². The third-order valence-electron chi connectivity index (χ3n) is 4.77. The Labute approximate surface area is 185 Å². The van der Waals surface area contributed by atoms with E-state index in [1.807, 2.05) is 85.1 Å². The maximum absolute atomic E-state index is 12.5. The highest BCUT2D eigenvalue weighted by Crippen LogP contribution is 2.34. The molecular formula is C25H22N2O3S. The number of ether oxygens (including phenoxy) is 2. The molecule has 1 aromatic heterocycles. The number of para-hydroxylation sites is 1. The van der Waals surface area contributed by atoms with Crippen LogP contribution in [0.2, 0.25) is 0 Å². The van der Waals surface area contributed by atoms with E-state index in [9.17, 15) is 4.79 Å². The number of nitrogens with zero attached hydrogens (tertiary/aromatic N) is 1. The molecule has 1 amide bonds. The summed E-state index contributed by atoms with van der Waals surface area (Å²) in [5.74, 6) is 1.00. The molecular weight excluding hydrogens is 408 g/mol. The highest BCUT2D eigenvalue weighted by molar-refractivity contribution is 7.98. The van der Waals surface area contributed by atoms with Gasteiger partial charge in [0.1, 0.15) is 17.0 Å². The number of anilines is 1. The number of carbonyl (C=O) groups is 1. The van der Waals surface area contributed by atoms with Gasteiger partial charge in [-0.15, -0.1) is 11.8 Å². The second kappa shape index (κ2) is 9.53. The van der Waals surface area contributed by atoms with Crippen LogP contribution in [-0.4, -0.2) is 30.9 Å². The zero-order chi connectivity index (χ0) is 21.6. The molecule has 156 valence electrons. The minimum atomic E-state index is -0.229. The molecule has 0 saturated carbocycles. The Morgan fingerprint density at radius 3 is 2.55 bits per heavy atom. The van der Waals surface area contributed by atoms with Crippen LogP contribution in [0.5, 0.6) is 11.5 Å². The van der Waals surface area contributed by atoms with Crippen LogP contribution in [0, 0.1) is 0 Å². The van der Waals surface area contributed by atoms with E-state index in [1.54, 1.807) is 18.9 Å². The highest BCUT2D eigenvalue weighted by atomic mass is 32.2. The number of hydrogen-bond acceptors (Lipinski definition) is 5. The number of amides is 1. The second-order valence-corrected chi connectivity index (χ2v) is 7.68. The minimum Gasteiger partial charge on any atom is -0.494 e. The van der Waals surface area contributed by atoms with Crippen molar-refractivity contribution in [2.24, 2.45) is 0 Å². The summed E-state index contributed by atoms with van der Waals surface area (Å²) in [6, 6.07) is 25.1. The van der Waals surface area contributed by atoms with Crippen LogP contribution >= 0.6 is 11.8 Å². The quantitative estimate of drug-likeness (QED) is 0.384. The molecule has 6 heteroatoms. The van der Waals surface area contributed by atoms with E-state index in [1.165, 1.54) is 0 Å². The molecule has 0 saturated heterocycles. The van der Waals surface area contributed by atoms with Crippen molar-refractivity contribution in [3.63, 3.8) is 0 Å². The number of aromatic nitrogens is 1. The number of carbonyl (C=O) groups excluding carboxylic acids is 1. The molecule has 0 aliphatic rings. The van der Waals surface area contributed by atoms with Gasteiger partial charge < -0.3 is 14.8 Å². The minimum absolute atomic E-state index is 0.117. The Morgan fingerprint density at radius 1 is 0.968 bits per heavy atom. The van der Waals surface area contributed by atoms with Crippen molar-refractivity contribution in [1.29, 1.82) is 0 Å². The lowest BCUT2D eigenvalue weighted by Crippen LogP contribution is -2.20.